The van der Waals surface area contributed by atoms with Crippen LogP contribution >= 0.6 is 11.3 Å². The Bertz CT molecular complexity index is 1440. The van der Waals surface area contributed by atoms with Crippen LogP contribution in [-0.4, -0.2) is 70.3 Å². The number of carbonyl (C=O) groups excluding carboxylic acids is 2. The minimum atomic E-state index is -1.34. The molecule has 1 aliphatic carbocycles. The number of piperidine rings is 1. The summed E-state index contributed by atoms with van der Waals surface area (Å²) in [6, 6.07) is 7.47. The van der Waals surface area contributed by atoms with Crippen molar-refractivity contribution >= 4 is 45.3 Å². The molecule has 0 bridgehead atoms. The molecule has 10 nitrogen and oxygen atoms in total. The molecule has 1 aromatic carbocycles. The van der Waals surface area contributed by atoms with Crippen molar-refractivity contribution in [2.75, 3.05) is 33.1 Å². The third-order valence-corrected chi connectivity index (χ3v) is 8.97. The highest BCUT2D eigenvalue weighted by Gasteiger charge is 2.36. The summed E-state index contributed by atoms with van der Waals surface area (Å²) < 4.78 is 8.38. The number of ether oxygens (including phenoxy) is 1. The van der Waals surface area contributed by atoms with Gasteiger partial charge in [-0.2, -0.15) is 0 Å². The maximum atomic E-state index is 13.5. The van der Waals surface area contributed by atoms with Crippen LogP contribution in [0.2, 0.25) is 0 Å². The van der Waals surface area contributed by atoms with E-state index in [9.17, 15) is 14.7 Å². The molecule has 4 N–H and O–H groups in total. The van der Waals surface area contributed by atoms with Crippen LogP contribution < -0.4 is 15.8 Å². The van der Waals surface area contributed by atoms with Gasteiger partial charge in [0, 0.05) is 18.4 Å². The van der Waals surface area contributed by atoms with E-state index in [2.05, 4.69) is 60.3 Å². The second kappa shape index (κ2) is 11.6. The number of fused-ring (bicyclic) bond motifs is 1. The highest BCUT2D eigenvalue weighted by atomic mass is 32.1. The summed E-state index contributed by atoms with van der Waals surface area (Å²) in [6.07, 6.45) is 6.27. The van der Waals surface area contributed by atoms with E-state index >= 15 is 0 Å². The highest BCUT2D eigenvalue weighted by Crippen LogP contribution is 2.44. The number of likely N-dealkylation sites (tertiary alicyclic amines) is 1. The summed E-state index contributed by atoms with van der Waals surface area (Å²) in [5, 5.41) is 13.6. The molecule has 2 amide bonds. The molecule has 212 valence electrons. The van der Waals surface area contributed by atoms with Gasteiger partial charge in [-0.25, -0.2) is 14.5 Å². The fraction of sp³-hybridized carbons (Fsp3) is 0.483. The molecule has 1 saturated heterocycles. The van der Waals surface area contributed by atoms with Crippen LogP contribution in [0.1, 0.15) is 66.9 Å². The first-order valence-corrected chi connectivity index (χ1v) is 14.5. The van der Waals surface area contributed by atoms with Crippen LogP contribution in [0.3, 0.4) is 0 Å². The molecule has 0 radical (unpaired) electrons. The number of thiazole rings is 1. The number of benzene rings is 1. The molecule has 1 aliphatic heterocycles. The molecule has 0 spiro atoms. The summed E-state index contributed by atoms with van der Waals surface area (Å²) >= 11 is 1.75. The van der Waals surface area contributed by atoms with Gasteiger partial charge in [-0.1, -0.05) is 13.0 Å². The van der Waals surface area contributed by atoms with Crippen molar-refractivity contribution in [3.63, 3.8) is 0 Å². The van der Waals surface area contributed by atoms with E-state index in [-0.39, 0.29) is 29.1 Å². The lowest BCUT2D eigenvalue weighted by atomic mass is 9.76. The monoisotopic (exact) mass is 565 g/mol. The third kappa shape index (κ3) is 5.86. The summed E-state index contributed by atoms with van der Waals surface area (Å²) in [7, 11) is 5.54. The summed E-state index contributed by atoms with van der Waals surface area (Å²) in [6.45, 7) is 2.57. The van der Waals surface area contributed by atoms with Crippen molar-refractivity contribution in [2.45, 2.75) is 50.8 Å². The minimum Gasteiger partial charge on any atom is -0.481 e. The van der Waals surface area contributed by atoms with Gasteiger partial charge < -0.3 is 25.8 Å². The van der Waals surface area contributed by atoms with Crippen molar-refractivity contribution in [1.29, 1.82) is 0 Å². The van der Waals surface area contributed by atoms with Gasteiger partial charge in [-0.15, -0.1) is 11.3 Å². The predicted octanol–water partition coefficient (Wildman–Crippen LogP) is 3.42. The maximum absolute atomic E-state index is 13.5. The van der Waals surface area contributed by atoms with Crippen LogP contribution in [-0.2, 0) is 9.59 Å². The van der Waals surface area contributed by atoms with Gasteiger partial charge in [0.15, 0.2) is 0 Å². The van der Waals surface area contributed by atoms with Crippen LogP contribution in [0, 0.1) is 11.8 Å². The zero-order chi connectivity index (χ0) is 28.6. The molecule has 11 heteroatoms. The number of nitrogens with zero attached hydrogens (tertiary/aromatic N) is 4. The first-order chi connectivity index (χ1) is 19.1. The number of hydrogen-bond acceptors (Lipinski definition) is 8. The summed E-state index contributed by atoms with van der Waals surface area (Å²) in [5.74, 6) is 0.142. The number of aromatic nitrogens is 2. The largest absolute Gasteiger partial charge is 0.481 e. The number of aliphatic hydroxyl groups is 1. The molecule has 1 saturated carbocycles. The molecular weight excluding hydrogens is 528 g/mol. The normalized spacial score (nSPS) is 23.3. The topological polar surface area (TPSA) is 134 Å². The molecular formula is C29H37N6O4S+. The van der Waals surface area contributed by atoms with E-state index in [1.165, 1.54) is 24.4 Å². The second-order valence-electron chi connectivity index (χ2n) is 11.2. The molecule has 1 unspecified atom stereocenters. The number of carbonyl (C=O) groups is 2. The average molecular weight is 566 g/mol. The van der Waals surface area contributed by atoms with E-state index < -0.39 is 18.0 Å². The Morgan fingerprint density at radius 2 is 2.05 bits per heavy atom. The quantitative estimate of drug-likeness (QED) is 0.180. The Hall–Kier alpha value is -3.41. The number of pyridine rings is 1. The third-order valence-electron chi connectivity index (χ3n) is 7.77. The Morgan fingerprint density at radius 1 is 1.27 bits per heavy atom. The lowest BCUT2D eigenvalue weighted by Crippen LogP contribution is -2.46. The SMILES string of the molecule is COc1ncc(NC(=O)C(=O)N2C[C@@H](C)CC[C@@H]2c2ccc3sc(C4CC(C=[N+](C)C)C4)nc3c2)cc1C(N)O. The van der Waals surface area contributed by atoms with Gasteiger partial charge in [0.2, 0.25) is 5.88 Å². The first-order valence-electron chi connectivity index (χ1n) is 13.6. The summed E-state index contributed by atoms with van der Waals surface area (Å²) in [4.78, 5) is 37.3. The maximum Gasteiger partial charge on any atom is 0.313 e. The highest BCUT2D eigenvalue weighted by molar-refractivity contribution is 7.18. The number of nitrogens with one attached hydrogen (secondary N) is 1. The smallest absolute Gasteiger partial charge is 0.313 e. The molecule has 5 rings (SSSR count). The Morgan fingerprint density at radius 3 is 2.75 bits per heavy atom. The van der Waals surface area contributed by atoms with Crippen molar-refractivity contribution in [1.82, 2.24) is 14.9 Å². The minimum absolute atomic E-state index is 0.147. The van der Waals surface area contributed by atoms with Gasteiger partial charge in [-0.3, -0.25) is 9.59 Å². The standard InChI is InChI=1S/C29H36N6O4S/c1-16-5-7-23(18-6-8-24-22(11-18)33-28(40-24)19-9-17(10-19)15-34(2)3)35(14-16)29(38)26(37)32-20-12-21(25(30)36)27(39-4)31-13-20/h6,8,11-13,15-17,19,23,25,36H,5,7,9-10,14,30H2,1-4H3/p+1/t16-,17?,19?,23+,25?/m0/s1. The van der Waals surface area contributed by atoms with Gasteiger partial charge in [0.05, 0.1) is 45.8 Å². The fourth-order valence-electron chi connectivity index (χ4n) is 5.71. The molecule has 3 atom stereocenters. The number of amides is 2. The molecule has 2 fully saturated rings. The molecule has 3 aromatic rings. The number of aliphatic hydroxyl groups excluding tert-OH is 1. The van der Waals surface area contributed by atoms with Crippen molar-refractivity contribution in [2.24, 2.45) is 17.6 Å². The summed E-state index contributed by atoms with van der Waals surface area (Å²) in [5.41, 5.74) is 7.99. The van der Waals surface area contributed by atoms with Gasteiger partial charge in [0.25, 0.3) is 0 Å². The molecule has 2 aliphatic rings. The van der Waals surface area contributed by atoms with Crippen molar-refractivity contribution in [3.8, 4) is 5.88 Å². The molecule has 3 heterocycles. The van der Waals surface area contributed by atoms with E-state index in [1.54, 1.807) is 16.2 Å². The zero-order valence-electron chi connectivity index (χ0n) is 23.3. The van der Waals surface area contributed by atoms with Crippen LogP contribution in [0.4, 0.5) is 5.69 Å². The Balaban J connectivity index is 1.33. The van der Waals surface area contributed by atoms with Crippen LogP contribution in [0.25, 0.3) is 10.2 Å². The lowest BCUT2D eigenvalue weighted by Gasteiger charge is -2.38. The molecule has 40 heavy (non-hydrogen) atoms. The number of methoxy groups -OCH3 is 1. The number of rotatable bonds is 6. The van der Waals surface area contributed by atoms with Crippen LogP contribution in [0.5, 0.6) is 5.88 Å². The Kier molecular flexibility index (Phi) is 8.16. The van der Waals surface area contributed by atoms with E-state index in [4.69, 9.17) is 15.5 Å². The molecule has 2 aromatic heterocycles. The second-order valence-corrected chi connectivity index (χ2v) is 12.3. The first kappa shape index (κ1) is 28.1. The Labute approximate surface area is 237 Å². The average Bonchev–Trinajstić information content (AvgIpc) is 3.32. The van der Waals surface area contributed by atoms with E-state index in [0.29, 0.717) is 18.4 Å². The number of hydrogen-bond donors (Lipinski definition) is 3. The lowest BCUT2D eigenvalue weighted by molar-refractivity contribution is -0.462. The van der Waals surface area contributed by atoms with E-state index in [0.717, 1.165) is 41.5 Å². The predicted molar refractivity (Wildman–Crippen MR) is 155 cm³/mol. The van der Waals surface area contributed by atoms with Crippen LogP contribution in [0.15, 0.2) is 30.5 Å². The number of nitrogens with two attached hydrogens (primary N) is 1. The van der Waals surface area contributed by atoms with E-state index in [1.807, 2.05) is 0 Å². The fourth-order valence-corrected chi connectivity index (χ4v) is 6.78. The van der Waals surface area contributed by atoms with Gasteiger partial charge >= 0.3 is 11.8 Å². The zero-order valence-corrected chi connectivity index (χ0v) is 24.1. The van der Waals surface area contributed by atoms with Gasteiger partial charge in [-0.05, 0) is 55.4 Å². The number of anilines is 1. The van der Waals surface area contributed by atoms with Crippen molar-refractivity contribution in [3.05, 3.63) is 46.6 Å². The van der Waals surface area contributed by atoms with Crippen molar-refractivity contribution < 1.29 is 24.0 Å². The van der Waals surface area contributed by atoms with Gasteiger partial charge in [0.1, 0.15) is 26.5 Å².